The van der Waals surface area contributed by atoms with E-state index in [0.717, 1.165) is 18.4 Å². The monoisotopic (exact) mass is 477 g/mol. The van der Waals surface area contributed by atoms with Crippen molar-refractivity contribution in [3.63, 3.8) is 0 Å². The zero-order chi connectivity index (χ0) is 24.2. The normalized spacial score (nSPS) is 22.1. The molecule has 1 atom stereocenters. The molecule has 1 unspecified atom stereocenters. The van der Waals surface area contributed by atoms with Gasteiger partial charge in [-0.1, -0.05) is 117 Å². The van der Waals surface area contributed by atoms with E-state index in [1.807, 2.05) is 0 Å². The van der Waals surface area contributed by atoms with Gasteiger partial charge in [0.25, 0.3) is 0 Å². The van der Waals surface area contributed by atoms with Crippen molar-refractivity contribution in [3.05, 3.63) is 107 Å². The Morgan fingerprint density at radius 2 is 0.944 bits per heavy atom. The molecule has 188 valence electrons. The maximum Gasteiger partial charge on any atom is 0.0604 e. The van der Waals surface area contributed by atoms with Gasteiger partial charge in [-0.2, -0.15) is 0 Å². The van der Waals surface area contributed by atoms with Crippen molar-refractivity contribution < 1.29 is 0 Å². The van der Waals surface area contributed by atoms with Crippen LogP contribution in [0.2, 0.25) is 0 Å². The molecule has 3 aromatic rings. The molecule has 3 fully saturated rings. The molecule has 0 spiro atoms. The molecule has 2 saturated carbocycles. The summed E-state index contributed by atoms with van der Waals surface area (Å²) in [5.74, 6) is 1.50. The van der Waals surface area contributed by atoms with Gasteiger partial charge in [-0.15, -0.1) is 0 Å². The highest BCUT2D eigenvalue weighted by Gasteiger charge is 2.44. The summed E-state index contributed by atoms with van der Waals surface area (Å²) in [5, 5.41) is 3.95. The van der Waals surface area contributed by atoms with Crippen LogP contribution in [-0.2, 0) is 5.41 Å². The Balaban J connectivity index is 1.45. The molecule has 0 amide bonds. The van der Waals surface area contributed by atoms with E-state index in [2.05, 4.69) is 84.2 Å². The molecule has 0 radical (unpaired) electrons. The van der Waals surface area contributed by atoms with Crippen molar-refractivity contribution in [2.45, 2.75) is 100 Å². The first-order chi connectivity index (χ1) is 17.9. The van der Waals surface area contributed by atoms with Crippen LogP contribution in [0.1, 0.15) is 117 Å². The Morgan fingerprint density at radius 1 is 0.472 bits per heavy atom. The molecule has 0 bridgehead atoms. The molecule has 6 rings (SSSR count). The standard InChI is InChI=1S/C35H43N/c1-4-11-27(12-5-1)29-18-22-32(23-19-29)35(34-17-10-26-36-34,31-15-8-3-9-16-31)33-24-20-30(21-25-33)28-13-6-2-7-14-28/h3,8-9,15-16,18-25,27-28,34,36H,1-2,4-7,10-14,17,26H2. The molecule has 0 aromatic heterocycles. The zero-order valence-electron chi connectivity index (χ0n) is 21.9. The van der Waals surface area contributed by atoms with Gasteiger partial charge >= 0.3 is 0 Å². The predicted molar refractivity (Wildman–Crippen MR) is 152 cm³/mol. The highest BCUT2D eigenvalue weighted by Crippen LogP contribution is 2.46. The molecule has 3 aromatic carbocycles. The van der Waals surface area contributed by atoms with Crippen molar-refractivity contribution in [1.29, 1.82) is 0 Å². The molecule has 1 N–H and O–H groups in total. The van der Waals surface area contributed by atoms with Crippen LogP contribution in [0.15, 0.2) is 78.9 Å². The number of hydrogen-bond acceptors (Lipinski definition) is 1. The molecular weight excluding hydrogens is 434 g/mol. The Labute approximate surface area is 218 Å². The van der Waals surface area contributed by atoms with Crippen LogP contribution >= 0.6 is 0 Å². The summed E-state index contributed by atoms with van der Waals surface area (Å²) in [6.07, 6.45) is 16.3. The second-order valence-corrected chi connectivity index (χ2v) is 11.7. The second-order valence-electron chi connectivity index (χ2n) is 11.7. The Morgan fingerprint density at radius 3 is 1.39 bits per heavy atom. The minimum absolute atomic E-state index is 0.173. The van der Waals surface area contributed by atoms with E-state index in [4.69, 9.17) is 0 Å². The van der Waals surface area contributed by atoms with Crippen LogP contribution in [0.4, 0.5) is 0 Å². The smallest absolute Gasteiger partial charge is 0.0604 e. The molecule has 36 heavy (non-hydrogen) atoms. The summed E-state index contributed by atoms with van der Waals surface area (Å²) < 4.78 is 0. The van der Waals surface area contributed by atoms with E-state index in [0.29, 0.717) is 6.04 Å². The molecule has 1 nitrogen and oxygen atoms in total. The van der Waals surface area contributed by atoms with Crippen molar-refractivity contribution in [1.82, 2.24) is 5.32 Å². The number of hydrogen-bond donors (Lipinski definition) is 1. The first kappa shape index (κ1) is 24.0. The molecule has 2 aliphatic carbocycles. The Kier molecular flexibility index (Phi) is 7.28. The molecule has 1 heteroatoms. The minimum atomic E-state index is -0.173. The number of nitrogens with one attached hydrogen (secondary N) is 1. The van der Waals surface area contributed by atoms with E-state index in [-0.39, 0.29) is 5.41 Å². The Bertz CT molecular complexity index is 1020. The van der Waals surface area contributed by atoms with Crippen molar-refractivity contribution in [2.24, 2.45) is 0 Å². The number of benzene rings is 3. The molecule has 1 heterocycles. The zero-order valence-corrected chi connectivity index (χ0v) is 21.9. The summed E-state index contributed by atoms with van der Waals surface area (Å²) in [4.78, 5) is 0. The summed E-state index contributed by atoms with van der Waals surface area (Å²) in [6, 6.07) is 31.5. The lowest BCUT2D eigenvalue weighted by atomic mass is 9.64. The number of rotatable bonds is 6. The lowest BCUT2D eigenvalue weighted by Crippen LogP contribution is -2.47. The summed E-state index contributed by atoms with van der Waals surface area (Å²) in [6.45, 7) is 1.11. The van der Waals surface area contributed by atoms with Gasteiger partial charge in [0.1, 0.15) is 0 Å². The molecular formula is C35H43N. The van der Waals surface area contributed by atoms with Crippen molar-refractivity contribution >= 4 is 0 Å². The second kappa shape index (κ2) is 10.9. The van der Waals surface area contributed by atoms with Crippen LogP contribution in [-0.4, -0.2) is 12.6 Å². The molecule has 1 aliphatic heterocycles. The first-order valence-electron chi connectivity index (χ1n) is 14.9. The van der Waals surface area contributed by atoms with Crippen LogP contribution in [0.25, 0.3) is 0 Å². The average molecular weight is 478 g/mol. The van der Waals surface area contributed by atoms with Crippen LogP contribution in [0.3, 0.4) is 0 Å². The van der Waals surface area contributed by atoms with Gasteiger partial charge in [0.05, 0.1) is 5.41 Å². The van der Waals surface area contributed by atoms with Crippen LogP contribution in [0.5, 0.6) is 0 Å². The van der Waals surface area contributed by atoms with Gasteiger partial charge < -0.3 is 5.32 Å². The summed E-state index contributed by atoms with van der Waals surface area (Å²) in [7, 11) is 0. The predicted octanol–water partition coefficient (Wildman–Crippen LogP) is 8.87. The summed E-state index contributed by atoms with van der Waals surface area (Å²) in [5.41, 5.74) is 7.23. The fourth-order valence-corrected chi connectivity index (χ4v) is 7.77. The fourth-order valence-electron chi connectivity index (χ4n) is 7.77. The molecule has 1 saturated heterocycles. The Hall–Kier alpha value is -2.38. The van der Waals surface area contributed by atoms with Gasteiger partial charge in [-0.05, 0) is 84.7 Å². The molecule has 3 aliphatic rings. The van der Waals surface area contributed by atoms with E-state index < -0.39 is 0 Å². The van der Waals surface area contributed by atoms with Gasteiger partial charge in [-0.3, -0.25) is 0 Å². The third kappa shape index (κ3) is 4.56. The maximum atomic E-state index is 3.95. The first-order valence-corrected chi connectivity index (χ1v) is 14.9. The van der Waals surface area contributed by atoms with Gasteiger partial charge in [0.2, 0.25) is 0 Å². The third-order valence-electron chi connectivity index (χ3n) is 9.70. The largest absolute Gasteiger partial charge is 0.312 e. The highest BCUT2D eigenvalue weighted by atomic mass is 15.0. The lowest BCUT2D eigenvalue weighted by Gasteiger charge is -2.42. The van der Waals surface area contributed by atoms with E-state index in [1.54, 1.807) is 11.1 Å². The summed E-state index contributed by atoms with van der Waals surface area (Å²) >= 11 is 0. The SMILES string of the molecule is c1ccc(C(c2ccc(C3CCCCC3)cc2)(c2ccc(C3CCCCC3)cc2)C2CCCN2)cc1. The minimum Gasteiger partial charge on any atom is -0.312 e. The lowest BCUT2D eigenvalue weighted by molar-refractivity contribution is 0.431. The topological polar surface area (TPSA) is 12.0 Å². The van der Waals surface area contributed by atoms with E-state index in [1.165, 1.54) is 93.7 Å². The van der Waals surface area contributed by atoms with Gasteiger partial charge in [-0.25, -0.2) is 0 Å². The van der Waals surface area contributed by atoms with Crippen molar-refractivity contribution in [3.8, 4) is 0 Å². The fraction of sp³-hybridized carbons (Fsp3) is 0.486. The van der Waals surface area contributed by atoms with Crippen molar-refractivity contribution in [2.75, 3.05) is 6.54 Å². The highest BCUT2D eigenvalue weighted by molar-refractivity contribution is 5.54. The van der Waals surface area contributed by atoms with E-state index >= 15 is 0 Å². The van der Waals surface area contributed by atoms with Crippen LogP contribution in [0, 0.1) is 0 Å². The van der Waals surface area contributed by atoms with Crippen LogP contribution < -0.4 is 5.32 Å². The van der Waals surface area contributed by atoms with E-state index in [9.17, 15) is 0 Å². The maximum absolute atomic E-state index is 3.95. The van der Waals surface area contributed by atoms with Gasteiger partial charge in [0.15, 0.2) is 0 Å². The third-order valence-corrected chi connectivity index (χ3v) is 9.70. The average Bonchev–Trinajstić information content (AvgIpc) is 3.51. The quantitative estimate of drug-likeness (QED) is 0.350. The van der Waals surface area contributed by atoms with Gasteiger partial charge in [0, 0.05) is 6.04 Å².